The van der Waals surface area contributed by atoms with Crippen LogP contribution in [-0.4, -0.2) is 19.6 Å². The van der Waals surface area contributed by atoms with Gasteiger partial charge in [0.1, 0.15) is 0 Å². The third kappa shape index (κ3) is 2.94. The number of hydrogen-bond acceptors (Lipinski definition) is 2. The van der Waals surface area contributed by atoms with Gasteiger partial charge in [0.15, 0.2) is 0 Å². The molecular weight excluding hydrogens is 220 g/mol. The Bertz CT molecular complexity index is 423. The standard InChI is InChI=1S/C16H24N2/c1-16(2,3)14-4-6-15(7-5-14)18-10-8-13(12-17)9-11-18/h4-8H,9-12,17H2,1-3H3. The van der Waals surface area contributed by atoms with Gasteiger partial charge < -0.3 is 10.6 Å². The summed E-state index contributed by atoms with van der Waals surface area (Å²) in [6, 6.07) is 8.97. The second-order valence-corrected chi connectivity index (χ2v) is 6.06. The number of nitrogens with zero attached hydrogens (tertiary/aromatic N) is 1. The van der Waals surface area contributed by atoms with Crippen molar-refractivity contribution in [3.63, 3.8) is 0 Å². The van der Waals surface area contributed by atoms with Crippen molar-refractivity contribution in [3.05, 3.63) is 41.5 Å². The predicted octanol–water partition coefficient (Wildman–Crippen LogP) is 3.08. The first-order chi connectivity index (χ1) is 8.50. The molecule has 98 valence electrons. The first-order valence-corrected chi connectivity index (χ1v) is 6.74. The molecule has 0 saturated heterocycles. The van der Waals surface area contributed by atoms with Crippen molar-refractivity contribution in [3.8, 4) is 0 Å². The Morgan fingerprint density at radius 3 is 2.28 bits per heavy atom. The van der Waals surface area contributed by atoms with Crippen LogP contribution >= 0.6 is 0 Å². The van der Waals surface area contributed by atoms with Gasteiger partial charge in [-0.15, -0.1) is 0 Å². The molecule has 0 radical (unpaired) electrons. The summed E-state index contributed by atoms with van der Waals surface area (Å²) >= 11 is 0. The SMILES string of the molecule is CC(C)(C)c1ccc(N2CC=C(CN)CC2)cc1. The first kappa shape index (κ1) is 13.2. The molecular formula is C16H24N2. The molecule has 18 heavy (non-hydrogen) atoms. The summed E-state index contributed by atoms with van der Waals surface area (Å²) in [4.78, 5) is 2.41. The van der Waals surface area contributed by atoms with E-state index in [4.69, 9.17) is 5.73 Å². The lowest BCUT2D eigenvalue weighted by Crippen LogP contribution is -2.30. The van der Waals surface area contributed by atoms with Crippen LogP contribution in [0.4, 0.5) is 5.69 Å². The fourth-order valence-electron chi connectivity index (χ4n) is 2.30. The normalized spacial score (nSPS) is 16.7. The van der Waals surface area contributed by atoms with Crippen LogP contribution in [0.15, 0.2) is 35.9 Å². The van der Waals surface area contributed by atoms with Crippen LogP contribution in [0.25, 0.3) is 0 Å². The molecule has 1 aliphatic heterocycles. The van der Waals surface area contributed by atoms with E-state index >= 15 is 0 Å². The Balaban J connectivity index is 2.09. The Hall–Kier alpha value is -1.28. The summed E-state index contributed by atoms with van der Waals surface area (Å²) in [6.07, 6.45) is 3.36. The van der Waals surface area contributed by atoms with E-state index in [1.54, 1.807) is 0 Å². The largest absolute Gasteiger partial charge is 0.367 e. The Morgan fingerprint density at radius 2 is 1.83 bits per heavy atom. The molecule has 0 saturated carbocycles. The average Bonchev–Trinajstić information content (AvgIpc) is 2.38. The highest BCUT2D eigenvalue weighted by atomic mass is 15.1. The third-order valence-corrected chi connectivity index (χ3v) is 3.66. The Morgan fingerprint density at radius 1 is 1.17 bits per heavy atom. The van der Waals surface area contributed by atoms with Gasteiger partial charge in [-0.2, -0.15) is 0 Å². The van der Waals surface area contributed by atoms with Gasteiger partial charge >= 0.3 is 0 Å². The highest BCUT2D eigenvalue weighted by Crippen LogP contribution is 2.26. The second-order valence-electron chi connectivity index (χ2n) is 6.06. The minimum Gasteiger partial charge on any atom is -0.367 e. The smallest absolute Gasteiger partial charge is 0.0369 e. The van der Waals surface area contributed by atoms with Gasteiger partial charge in [-0.1, -0.05) is 44.6 Å². The summed E-state index contributed by atoms with van der Waals surface area (Å²) in [6.45, 7) is 9.52. The minimum atomic E-state index is 0.229. The lowest BCUT2D eigenvalue weighted by Gasteiger charge is -2.29. The van der Waals surface area contributed by atoms with Crippen molar-refractivity contribution in [2.75, 3.05) is 24.5 Å². The van der Waals surface area contributed by atoms with Gasteiger partial charge in [0.05, 0.1) is 0 Å². The zero-order valence-electron chi connectivity index (χ0n) is 11.7. The van der Waals surface area contributed by atoms with Crippen molar-refractivity contribution in [2.45, 2.75) is 32.6 Å². The van der Waals surface area contributed by atoms with Crippen molar-refractivity contribution in [1.82, 2.24) is 0 Å². The fraction of sp³-hybridized carbons (Fsp3) is 0.500. The quantitative estimate of drug-likeness (QED) is 0.810. The first-order valence-electron chi connectivity index (χ1n) is 6.74. The van der Waals surface area contributed by atoms with Crippen molar-refractivity contribution >= 4 is 5.69 Å². The zero-order valence-corrected chi connectivity index (χ0v) is 11.7. The molecule has 2 heteroatoms. The fourth-order valence-corrected chi connectivity index (χ4v) is 2.30. The molecule has 2 N–H and O–H groups in total. The molecule has 1 aromatic carbocycles. The number of hydrogen-bond donors (Lipinski definition) is 1. The van der Waals surface area contributed by atoms with Crippen LogP contribution in [0, 0.1) is 0 Å². The van der Waals surface area contributed by atoms with E-state index in [9.17, 15) is 0 Å². The highest BCUT2D eigenvalue weighted by Gasteiger charge is 2.15. The van der Waals surface area contributed by atoms with Gasteiger partial charge in [-0.3, -0.25) is 0 Å². The lowest BCUT2D eigenvalue weighted by atomic mass is 9.87. The summed E-state index contributed by atoms with van der Waals surface area (Å²) < 4.78 is 0. The molecule has 0 aliphatic carbocycles. The maximum Gasteiger partial charge on any atom is 0.0369 e. The van der Waals surface area contributed by atoms with Gasteiger partial charge in [0, 0.05) is 25.3 Å². The van der Waals surface area contributed by atoms with Crippen LogP contribution in [0.3, 0.4) is 0 Å². The molecule has 0 atom stereocenters. The van der Waals surface area contributed by atoms with Crippen molar-refractivity contribution < 1.29 is 0 Å². The van der Waals surface area contributed by atoms with E-state index < -0.39 is 0 Å². The van der Waals surface area contributed by atoms with Crippen LogP contribution in [0.5, 0.6) is 0 Å². The number of nitrogens with two attached hydrogens (primary N) is 1. The predicted molar refractivity (Wildman–Crippen MR) is 79.1 cm³/mol. The maximum atomic E-state index is 5.67. The van der Waals surface area contributed by atoms with E-state index in [2.05, 4.69) is 56.0 Å². The highest BCUT2D eigenvalue weighted by molar-refractivity contribution is 5.50. The minimum absolute atomic E-state index is 0.229. The van der Waals surface area contributed by atoms with Crippen LogP contribution in [0.1, 0.15) is 32.8 Å². The van der Waals surface area contributed by atoms with E-state index in [1.165, 1.54) is 16.8 Å². The summed E-state index contributed by atoms with van der Waals surface area (Å²) in [5, 5.41) is 0. The van der Waals surface area contributed by atoms with Crippen molar-refractivity contribution in [1.29, 1.82) is 0 Å². The monoisotopic (exact) mass is 244 g/mol. The van der Waals surface area contributed by atoms with Crippen LogP contribution in [-0.2, 0) is 5.41 Å². The van der Waals surface area contributed by atoms with E-state index in [1.807, 2.05) is 0 Å². The van der Waals surface area contributed by atoms with Gasteiger partial charge in [-0.05, 0) is 29.5 Å². The molecule has 0 fully saturated rings. The Kier molecular flexibility index (Phi) is 3.76. The molecule has 0 amide bonds. The number of benzene rings is 1. The molecule has 1 aromatic rings. The van der Waals surface area contributed by atoms with Gasteiger partial charge in [-0.25, -0.2) is 0 Å². The van der Waals surface area contributed by atoms with Gasteiger partial charge in [0.25, 0.3) is 0 Å². The summed E-state index contributed by atoms with van der Waals surface area (Å²) in [7, 11) is 0. The summed E-state index contributed by atoms with van der Waals surface area (Å²) in [5.41, 5.74) is 9.99. The van der Waals surface area contributed by atoms with E-state index in [0.29, 0.717) is 6.54 Å². The molecule has 0 bridgehead atoms. The molecule has 2 rings (SSSR count). The molecule has 2 nitrogen and oxygen atoms in total. The van der Waals surface area contributed by atoms with Crippen LogP contribution < -0.4 is 10.6 Å². The average molecular weight is 244 g/mol. The molecule has 1 heterocycles. The van der Waals surface area contributed by atoms with Crippen LogP contribution in [0.2, 0.25) is 0 Å². The molecule has 0 aromatic heterocycles. The molecule has 0 spiro atoms. The second kappa shape index (κ2) is 5.15. The van der Waals surface area contributed by atoms with E-state index in [-0.39, 0.29) is 5.41 Å². The zero-order chi connectivity index (χ0) is 13.2. The van der Waals surface area contributed by atoms with E-state index in [0.717, 1.165) is 19.5 Å². The molecule has 0 unspecified atom stereocenters. The molecule has 1 aliphatic rings. The summed E-state index contributed by atoms with van der Waals surface area (Å²) in [5.74, 6) is 0. The Labute approximate surface area is 110 Å². The lowest BCUT2D eigenvalue weighted by molar-refractivity contribution is 0.590. The third-order valence-electron chi connectivity index (χ3n) is 3.66. The topological polar surface area (TPSA) is 29.3 Å². The number of rotatable bonds is 2. The van der Waals surface area contributed by atoms with Crippen molar-refractivity contribution in [2.24, 2.45) is 5.73 Å². The maximum absolute atomic E-state index is 5.67. The number of anilines is 1. The van der Waals surface area contributed by atoms with Gasteiger partial charge in [0.2, 0.25) is 0 Å².